The van der Waals surface area contributed by atoms with Gasteiger partial charge in [-0.2, -0.15) is 0 Å². The lowest BCUT2D eigenvalue weighted by Crippen LogP contribution is -2.31. The summed E-state index contributed by atoms with van der Waals surface area (Å²) in [6, 6.07) is 6.12. The summed E-state index contributed by atoms with van der Waals surface area (Å²) in [6.45, 7) is 7.00. The van der Waals surface area contributed by atoms with Crippen LogP contribution in [0.2, 0.25) is 0 Å². The van der Waals surface area contributed by atoms with Crippen LogP contribution in [0.15, 0.2) is 18.2 Å². The highest BCUT2D eigenvalue weighted by atomic mass is 16.5. The molecule has 1 aromatic rings. The van der Waals surface area contributed by atoms with Gasteiger partial charge in [-0.25, -0.2) is 0 Å². The van der Waals surface area contributed by atoms with Crippen molar-refractivity contribution in [2.24, 2.45) is 0 Å². The maximum absolute atomic E-state index is 11.4. The largest absolute Gasteiger partial charge is 0.466 e. The Bertz CT molecular complexity index is 393. The first-order chi connectivity index (χ1) is 8.52. The fourth-order valence-corrected chi connectivity index (χ4v) is 1.72. The maximum atomic E-state index is 11.4. The van der Waals surface area contributed by atoms with E-state index in [2.05, 4.69) is 9.88 Å². The van der Waals surface area contributed by atoms with Gasteiger partial charge in [-0.3, -0.25) is 14.7 Å². The van der Waals surface area contributed by atoms with Crippen molar-refractivity contribution in [3.05, 3.63) is 29.6 Å². The molecule has 0 radical (unpaired) electrons. The summed E-state index contributed by atoms with van der Waals surface area (Å²) in [7, 11) is 1.99. The normalized spacial score (nSPS) is 12.5. The van der Waals surface area contributed by atoms with Crippen molar-refractivity contribution in [1.82, 2.24) is 9.88 Å². The Labute approximate surface area is 109 Å². The monoisotopic (exact) mass is 250 g/mol. The molecule has 0 aromatic carbocycles. The summed E-state index contributed by atoms with van der Waals surface area (Å²) < 4.78 is 4.95. The number of pyridine rings is 1. The molecule has 1 aromatic heterocycles. The van der Waals surface area contributed by atoms with Gasteiger partial charge < -0.3 is 4.74 Å². The van der Waals surface area contributed by atoms with Crippen LogP contribution in [0.3, 0.4) is 0 Å². The molecule has 0 bridgehead atoms. The van der Waals surface area contributed by atoms with Crippen LogP contribution < -0.4 is 0 Å². The number of nitrogens with zero attached hydrogens (tertiary/aromatic N) is 2. The molecule has 0 aliphatic rings. The molecular weight excluding hydrogens is 228 g/mol. The van der Waals surface area contributed by atoms with Crippen molar-refractivity contribution in [2.45, 2.75) is 39.8 Å². The van der Waals surface area contributed by atoms with Gasteiger partial charge in [-0.15, -0.1) is 0 Å². The van der Waals surface area contributed by atoms with E-state index in [1.807, 2.05) is 46.0 Å². The van der Waals surface area contributed by atoms with E-state index in [0.717, 1.165) is 17.9 Å². The van der Waals surface area contributed by atoms with Crippen LogP contribution in [-0.4, -0.2) is 35.5 Å². The summed E-state index contributed by atoms with van der Waals surface area (Å²) >= 11 is 0. The van der Waals surface area contributed by atoms with Gasteiger partial charge in [0, 0.05) is 18.3 Å². The summed E-state index contributed by atoms with van der Waals surface area (Å²) in [6.07, 6.45) is 0.413. The van der Waals surface area contributed by atoms with E-state index in [0.29, 0.717) is 13.0 Å². The van der Waals surface area contributed by atoms with E-state index in [1.165, 1.54) is 0 Å². The number of aryl methyl sites for hydroxylation is 1. The van der Waals surface area contributed by atoms with Crippen LogP contribution in [-0.2, 0) is 16.1 Å². The average molecular weight is 250 g/mol. The van der Waals surface area contributed by atoms with E-state index >= 15 is 0 Å². The molecule has 18 heavy (non-hydrogen) atoms. The summed E-state index contributed by atoms with van der Waals surface area (Å²) in [5.74, 6) is -0.144. The molecule has 0 aliphatic carbocycles. The molecule has 4 nitrogen and oxygen atoms in total. The van der Waals surface area contributed by atoms with Crippen LogP contribution in [0.4, 0.5) is 0 Å². The standard InChI is InChI=1S/C14H22N2O2/c1-5-18-14(17)9-12(3)16(4)10-13-8-6-7-11(2)15-13/h6-8,12H,5,9-10H2,1-4H3. The minimum Gasteiger partial charge on any atom is -0.466 e. The van der Waals surface area contributed by atoms with Gasteiger partial charge in [0.05, 0.1) is 18.7 Å². The minimum atomic E-state index is -0.144. The third-order valence-electron chi connectivity index (χ3n) is 2.88. The first kappa shape index (κ1) is 14.6. The number of hydrogen-bond donors (Lipinski definition) is 0. The summed E-state index contributed by atoms with van der Waals surface area (Å²) in [5.41, 5.74) is 2.03. The lowest BCUT2D eigenvalue weighted by Gasteiger charge is -2.23. The van der Waals surface area contributed by atoms with Crippen LogP contribution in [0, 0.1) is 6.92 Å². The van der Waals surface area contributed by atoms with Gasteiger partial charge in [0.25, 0.3) is 0 Å². The molecule has 0 saturated carbocycles. The molecular formula is C14H22N2O2. The second kappa shape index (κ2) is 7.11. The quantitative estimate of drug-likeness (QED) is 0.726. The number of carbonyl (C=O) groups is 1. The lowest BCUT2D eigenvalue weighted by molar-refractivity contribution is -0.144. The molecule has 1 unspecified atom stereocenters. The number of esters is 1. The highest BCUT2D eigenvalue weighted by Gasteiger charge is 2.15. The Balaban J connectivity index is 2.49. The number of aromatic nitrogens is 1. The van der Waals surface area contributed by atoms with Gasteiger partial charge >= 0.3 is 5.97 Å². The zero-order valence-electron chi connectivity index (χ0n) is 11.6. The fourth-order valence-electron chi connectivity index (χ4n) is 1.72. The molecule has 0 fully saturated rings. The summed E-state index contributed by atoms with van der Waals surface area (Å²) in [5, 5.41) is 0. The molecule has 100 valence electrons. The van der Waals surface area contributed by atoms with Crippen LogP contribution in [0.5, 0.6) is 0 Å². The fraction of sp³-hybridized carbons (Fsp3) is 0.571. The first-order valence-corrected chi connectivity index (χ1v) is 6.31. The molecule has 0 N–H and O–H groups in total. The summed E-state index contributed by atoms with van der Waals surface area (Å²) in [4.78, 5) is 18.0. The molecule has 1 atom stereocenters. The number of carbonyl (C=O) groups excluding carboxylic acids is 1. The predicted octanol–water partition coefficient (Wildman–Crippen LogP) is 2.16. The number of rotatable bonds is 6. The van der Waals surface area contributed by atoms with Crippen molar-refractivity contribution in [3.63, 3.8) is 0 Å². The van der Waals surface area contributed by atoms with Crippen LogP contribution in [0.1, 0.15) is 31.7 Å². The van der Waals surface area contributed by atoms with Crippen molar-refractivity contribution in [1.29, 1.82) is 0 Å². The van der Waals surface area contributed by atoms with E-state index in [1.54, 1.807) is 0 Å². The van der Waals surface area contributed by atoms with E-state index < -0.39 is 0 Å². The Hall–Kier alpha value is -1.42. The molecule has 0 spiro atoms. The minimum absolute atomic E-state index is 0.144. The van der Waals surface area contributed by atoms with Crippen molar-refractivity contribution in [3.8, 4) is 0 Å². The van der Waals surface area contributed by atoms with Crippen molar-refractivity contribution in [2.75, 3.05) is 13.7 Å². The SMILES string of the molecule is CCOC(=O)CC(C)N(C)Cc1cccc(C)n1. The Morgan fingerprint density at radius 1 is 1.50 bits per heavy atom. The highest BCUT2D eigenvalue weighted by Crippen LogP contribution is 2.08. The zero-order valence-corrected chi connectivity index (χ0v) is 11.6. The molecule has 1 rings (SSSR count). The second-order valence-electron chi connectivity index (χ2n) is 4.54. The van der Waals surface area contributed by atoms with Crippen LogP contribution >= 0.6 is 0 Å². The van der Waals surface area contributed by atoms with Gasteiger partial charge in [0.2, 0.25) is 0 Å². The van der Waals surface area contributed by atoms with Gasteiger partial charge in [0.1, 0.15) is 0 Å². The third-order valence-corrected chi connectivity index (χ3v) is 2.88. The van der Waals surface area contributed by atoms with E-state index in [4.69, 9.17) is 4.74 Å². The van der Waals surface area contributed by atoms with Crippen LogP contribution in [0.25, 0.3) is 0 Å². The highest BCUT2D eigenvalue weighted by molar-refractivity contribution is 5.69. The van der Waals surface area contributed by atoms with Crippen molar-refractivity contribution >= 4 is 5.97 Å². The number of ether oxygens (including phenoxy) is 1. The Kier molecular flexibility index (Phi) is 5.78. The molecule has 1 heterocycles. The number of hydrogen-bond acceptors (Lipinski definition) is 4. The topological polar surface area (TPSA) is 42.4 Å². The molecule has 0 aliphatic heterocycles. The van der Waals surface area contributed by atoms with Gasteiger partial charge in [-0.1, -0.05) is 6.07 Å². The first-order valence-electron chi connectivity index (χ1n) is 6.31. The Morgan fingerprint density at radius 2 is 2.22 bits per heavy atom. The van der Waals surface area contributed by atoms with Gasteiger partial charge in [0.15, 0.2) is 0 Å². The maximum Gasteiger partial charge on any atom is 0.307 e. The molecule has 0 saturated heterocycles. The van der Waals surface area contributed by atoms with Gasteiger partial charge in [-0.05, 0) is 40.0 Å². The zero-order chi connectivity index (χ0) is 13.5. The van der Waals surface area contributed by atoms with E-state index in [-0.39, 0.29) is 12.0 Å². The predicted molar refractivity (Wildman–Crippen MR) is 71.2 cm³/mol. The average Bonchev–Trinajstić information content (AvgIpc) is 2.29. The smallest absolute Gasteiger partial charge is 0.307 e. The second-order valence-corrected chi connectivity index (χ2v) is 4.54. The lowest BCUT2D eigenvalue weighted by atomic mass is 10.2. The third kappa shape index (κ3) is 4.84. The molecule has 0 amide bonds. The Morgan fingerprint density at radius 3 is 2.83 bits per heavy atom. The van der Waals surface area contributed by atoms with Crippen molar-refractivity contribution < 1.29 is 9.53 Å². The van der Waals surface area contributed by atoms with E-state index in [9.17, 15) is 4.79 Å². The molecule has 4 heteroatoms.